The van der Waals surface area contributed by atoms with Crippen molar-refractivity contribution in [2.24, 2.45) is 0 Å². The van der Waals surface area contributed by atoms with Crippen LogP contribution in [0.2, 0.25) is 0 Å². The molecule has 0 atom stereocenters. The van der Waals surface area contributed by atoms with Crippen LogP contribution in [0.15, 0.2) is 58.6 Å². The number of sulfone groups is 1. The van der Waals surface area contributed by atoms with Crippen LogP contribution in [0.3, 0.4) is 0 Å². The van der Waals surface area contributed by atoms with Crippen LogP contribution in [0.1, 0.15) is 11.1 Å². The van der Waals surface area contributed by atoms with Crippen LogP contribution in [-0.4, -0.2) is 18.4 Å². The Morgan fingerprint density at radius 3 is 1.30 bits per heavy atom. The normalized spacial score (nSPS) is 12.2. The molecule has 0 amide bonds. The Bertz CT molecular complexity index is 1590. The van der Waals surface area contributed by atoms with Gasteiger partial charge in [0.05, 0.1) is 23.3 Å². The number of benzene rings is 2. The average Bonchev–Trinajstić information content (AvgIpc) is 2.82. The van der Waals surface area contributed by atoms with Crippen molar-refractivity contribution in [2.45, 2.75) is 22.4 Å². The first-order valence-corrected chi connectivity index (χ1v) is 11.7. The second-order valence-corrected chi connectivity index (χ2v) is 9.47. The molecular weight excluding hydrogens is 765 g/mol. The first-order chi connectivity index (χ1) is 18.0. The van der Waals surface area contributed by atoms with E-state index >= 15 is 0 Å². The summed E-state index contributed by atoms with van der Waals surface area (Å²) in [5, 5.41) is -1.82. The van der Waals surface area contributed by atoms with Gasteiger partial charge >= 0.3 is 33.4 Å². The summed E-state index contributed by atoms with van der Waals surface area (Å²) in [4.78, 5) is 7.23. The number of aromatic nitrogens is 2. The third-order valence-electron chi connectivity index (χ3n) is 5.12. The van der Waals surface area contributed by atoms with Crippen molar-refractivity contribution in [3.8, 4) is 22.5 Å². The smallest absolute Gasteiger partial charge is 0.285 e. The van der Waals surface area contributed by atoms with Gasteiger partial charge in [0.25, 0.3) is 0 Å². The quantitative estimate of drug-likeness (QED) is 0.169. The number of nitrogens with zero attached hydrogens (tertiary/aromatic N) is 2. The van der Waals surface area contributed by atoms with Gasteiger partial charge in [-0.1, -0.05) is 35.4 Å². The molecule has 0 saturated carbocycles. The Morgan fingerprint density at radius 2 is 0.975 bits per heavy atom. The molecule has 0 fully saturated rings. The minimum absolute atomic E-state index is 0. The van der Waals surface area contributed by atoms with Crippen LogP contribution in [0.4, 0.5) is 43.9 Å². The largest absolute Gasteiger partial charge is 2.00 e. The SMILES string of the molecule is O=S(=O)(c1cccc(-c2[c-]cc(F)c(C(F)(F)F)c2F)n1)c1cccc(-c2[c-]cc(F)c(C(F)(F)F)c2F)n1.[Pt+2]. The van der Waals surface area contributed by atoms with Crippen molar-refractivity contribution in [3.05, 3.63) is 95.1 Å². The molecule has 4 rings (SSSR count). The average molecular weight is 773 g/mol. The zero-order chi connectivity index (χ0) is 28.9. The summed E-state index contributed by atoms with van der Waals surface area (Å²) < 4.78 is 161. The number of rotatable bonds is 4. The number of hydrogen-bond donors (Lipinski definition) is 0. The van der Waals surface area contributed by atoms with E-state index < -0.39 is 89.2 Å². The van der Waals surface area contributed by atoms with Gasteiger partial charge in [0.15, 0.2) is 10.1 Å². The molecule has 0 aliphatic rings. The summed E-state index contributed by atoms with van der Waals surface area (Å²) in [6, 6.07) is 9.66. The van der Waals surface area contributed by atoms with Crippen molar-refractivity contribution >= 4 is 9.84 Å². The molecule has 0 aliphatic carbocycles. The molecule has 4 aromatic rings. The van der Waals surface area contributed by atoms with E-state index in [0.717, 1.165) is 36.4 Å². The number of pyridine rings is 2. The Kier molecular flexibility index (Phi) is 8.52. The van der Waals surface area contributed by atoms with Crippen LogP contribution in [0.25, 0.3) is 22.5 Å². The van der Waals surface area contributed by atoms with E-state index in [2.05, 4.69) is 9.97 Å². The molecule has 0 spiro atoms. The molecule has 2 heterocycles. The summed E-state index contributed by atoms with van der Waals surface area (Å²) in [6.45, 7) is 0. The standard InChI is InChI=1S/C24H8F10N2O2S.Pt/c25-13-9-7-11(21(27)19(13)23(29,30)31)15-3-1-5-17(35-15)39(37,38)18-6-2-4-16(36-18)12-8-10-14(26)20(22(12)28)24(32,33)34;/h1-6,9-10H;/q-2;+2. The monoisotopic (exact) mass is 773 g/mol. The number of hydrogen-bond acceptors (Lipinski definition) is 4. The van der Waals surface area contributed by atoms with Gasteiger partial charge in [-0.2, -0.15) is 26.3 Å². The van der Waals surface area contributed by atoms with Gasteiger partial charge < -0.3 is 0 Å². The molecule has 0 radical (unpaired) electrons. The Morgan fingerprint density at radius 1 is 0.625 bits per heavy atom. The fraction of sp³-hybridized carbons (Fsp3) is 0.0833. The maximum absolute atomic E-state index is 14.6. The topological polar surface area (TPSA) is 59.9 Å². The summed E-state index contributed by atoms with van der Waals surface area (Å²) in [6.07, 6.45) is -10.9. The first-order valence-electron chi connectivity index (χ1n) is 10.2. The van der Waals surface area contributed by atoms with Gasteiger partial charge in [0.1, 0.15) is 0 Å². The van der Waals surface area contributed by atoms with Gasteiger partial charge in [-0.3, -0.25) is 27.5 Å². The van der Waals surface area contributed by atoms with E-state index in [9.17, 15) is 52.3 Å². The maximum Gasteiger partial charge on any atom is 2.00 e. The van der Waals surface area contributed by atoms with Gasteiger partial charge in [-0.05, 0) is 23.5 Å². The summed E-state index contributed by atoms with van der Waals surface area (Å²) in [5.74, 6) is -8.14. The van der Waals surface area contributed by atoms with Gasteiger partial charge in [0, 0.05) is 11.1 Å². The van der Waals surface area contributed by atoms with E-state index in [0.29, 0.717) is 0 Å². The predicted molar refractivity (Wildman–Crippen MR) is 112 cm³/mol. The minimum Gasteiger partial charge on any atom is -0.285 e. The molecule has 4 nitrogen and oxygen atoms in total. The number of halogens is 10. The Balaban J connectivity index is 0.00000441. The molecule has 0 saturated heterocycles. The van der Waals surface area contributed by atoms with Crippen molar-refractivity contribution in [1.29, 1.82) is 0 Å². The summed E-state index contributed by atoms with van der Waals surface area (Å²) >= 11 is 0. The Hall–Kier alpha value is -3.32. The van der Waals surface area contributed by atoms with Crippen molar-refractivity contribution in [3.63, 3.8) is 0 Å². The third kappa shape index (κ3) is 5.75. The van der Waals surface area contributed by atoms with Crippen LogP contribution < -0.4 is 0 Å². The first kappa shape index (κ1) is 31.2. The van der Waals surface area contributed by atoms with Crippen molar-refractivity contribution < 1.29 is 73.4 Å². The molecule has 40 heavy (non-hydrogen) atoms. The van der Waals surface area contributed by atoms with E-state index in [1.165, 1.54) is 0 Å². The summed E-state index contributed by atoms with van der Waals surface area (Å²) in [7, 11) is -4.81. The van der Waals surface area contributed by atoms with Gasteiger partial charge in [-0.15, -0.1) is 24.3 Å². The summed E-state index contributed by atoms with van der Waals surface area (Å²) in [5.41, 5.74) is -7.91. The molecular formula is C24H8F10N2O2PtS. The van der Waals surface area contributed by atoms with Crippen LogP contribution in [0.5, 0.6) is 0 Å². The predicted octanol–water partition coefficient (Wildman–Crippen LogP) is 6.84. The fourth-order valence-corrected chi connectivity index (χ4v) is 4.58. The fourth-order valence-electron chi connectivity index (χ4n) is 3.41. The maximum atomic E-state index is 14.6. The van der Waals surface area contributed by atoms with E-state index in [-0.39, 0.29) is 33.2 Å². The van der Waals surface area contributed by atoms with Crippen molar-refractivity contribution in [2.75, 3.05) is 0 Å². The molecule has 212 valence electrons. The third-order valence-corrected chi connectivity index (χ3v) is 6.68. The van der Waals surface area contributed by atoms with Crippen LogP contribution >= 0.6 is 0 Å². The van der Waals surface area contributed by atoms with E-state index in [4.69, 9.17) is 0 Å². The van der Waals surface area contributed by atoms with E-state index in [1.54, 1.807) is 0 Å². The second-order valence-electron chi connectivity index (χ2n) is 7.62. The molecule has 0 unspecified atom stereocenters. The number of alkyl halides is 6. The zero-order valence-corrected chi connectivity index (χ0v) is 21.9. The minimum atomic E-state index is -5.44. The van der Waals surface area contributed by atoms with Crippen molar-refractivity contribution in [1.82, 2.24) is 9.97 Å². The zero-order valence-electron chi connectivity index (χ0n) is 18.8. The Labute approximate surface area is 232 Å². The second kappa shape index (κ2) is 10.9. The van der Waals surface area contributed by atoms with Gasteiger partial charge in [-0.25, -0.2) is 8.42 Å². The molecule has 16 heteroatoms. The molecule has 2 aromatic heterocycles. The molecule has 2 aromatic carbocycles. The molecule has 0 bridgehead atoms. The van der Waals surface area contributed by atoms with E-state index in [1.807, 2.05) is 12.1 Å². The molecule has 0 aliphatic heterocycles. The van der Waals surface area contributed by atoms with Gasteiger partial charge in [0.2, 0.25) is 9.84 Å². The van der Waals surface area contributed by atoms with Crippen LogP contribution in [-0.2, 0) is 43.3 Å². The van der Waals surface area contributed by atoms with Crippen LogP contribution in [0, 0.1) is 35.4 Å². The molecule has 0 N–H and O–H groups in total.